The first-order chi connectivity index (χ1) is 6.08. The number of hydrogen-bond donors (Lipinski definition) is 1. The van der Waals surface area contributed by atoms with Crippen LogP contribution in [0.25, 0.3) is 0 Å². The maximum Gasteiger partial charge on any atom is 0.250 e. The first-order valence-corrected chi connectivity index (χ1v) is 5.27. The summed E-state index contributed by atoms with van der Waals surface area (Å²) < 4.78 is 0. The van der Waals surface area contributed by atoms with Crippen LogP contribution in [0, 0.1) is 0 Å². The van der Waals surface area contributed by atoms with Crippen molar-refractivity contribution in [3.63, 3.8) is 0 Å². The van der Waals surface area contributed by atoms with Gasteiger partial charge in [0, 0.05) is 18.2 Å². The second-order valence-corrected chi connectivity index (χ2v) is 4.82. The van der Waals surface area contributed by atoms with E-state index in [-0.39, 0.29) is 11.8 Å². The van der Waals surface area contributed by atoms with E-state index >= 15 is 0 Å². The molecular formula is C9H13NO2S. The molecule has 1 heterocycles. The minimum Gasteiger partial charge on any atom is -0.293 e. The molecule has 0 atom stereocenters. The van der Waals surface area contributed by atoms with Gasteiger partial charge in [0.05, 0.1) is 0 Å². The Morgan fingerprint density at radius 2 is 2.23 bits per heavy atom. The zero-order valence-corrected chi connectivity index (χ0v) is 8.61. The van der Waals surface area contributed by atoms with E-state index in [4.69, 9.17) is 0 Å². The predicted molar refractivity (Wildman–Crippen MR) is 53.4 cm³/mol. The number of carbonyl (C=O) groups is 2. The summed E-state index contributed by atoms with van der Waals surface area (Å²) in [4.78, 5) is 21.9. The number of nitrogens with one attached hydrogen (secondary N) is 1. The Balaban J connectivity index is 2.49. The molecule has 0 aliphatic carbocycles. The van der Waals surface area contributed by atoms with Crippen molar-refractivity contribution in [1.82, 2.24) is 5.32 Å². The summed E-state index contributed by atoms with van der Waals surface area (Å²) in [5.74, 6) is 0.305. The van der Waals surface area contributed by atoms with Crippen molar-refractivity contribution < 1.29 is 9.59 Å². The summed E-state index contributed by atoms with van der Waals surface area (Å²) in [6.07, 6.45) is 1.89. The molecular weight excluding hydrogens is 186 g/mol. The first-order valence-electron chi connectivity index (χ1n) is 4.23. The van der Waals surface area contributed by atoms with E-state index in [1.54, 1.807) is 11.8 Å². The van der Waals surface area contributed by atoms with E-state index in [9.17, 15) is 9.59 Å². The van der Waals surface area contributed by atoms with E-state index in [0.29, 0.717) is 11.7 Å². The molecule has 1 rings (SSSR count). The van der Waals surface area contributed by atoms with Crippen molar-refractivity contribution in [2.24, 2.45) is 0 Å². The van der Waals surface area contributed by atoms with E-state index in [0.717, 1.165) is 11.3 Å². The minimum atomic E-state index is -0.282. The highest BCUT2D eigenvalue weighted by Gasteiger charge is 2.15. The van der Waals surface area contributed by atoms with Crippen molar-refractivity contribution >= 4 is 23.6 Å². The van der Waals surface area contributed by atoms with Crippen LogP contribution in [0.4, 0.5) is 0 Å². The maximum absolute atomic E-state index is 10.9. The molecule has 0 saturated carbocycles. The maximum atomic E-state index is 10.9. The van der Waals surface area contributed by atoms with E-state index in [1.807, 2.05) is 0 Å². The lowest BCUT2D eigenvalue weighted by Gasteiger charge is -2.13. The molecule has 13 heavy (non-hydrogen) atoms. The largest absolute Gasteiger partial charge is 0.293 e. The summed E-state index contributed by atoms with van der Waals surface area (Å²) >= 11 is 1.74. The molecule has 72 valence electrons. The lowest BCUT2D eigenvalue weighted by atomic mass is 10.1. The summed E-state index contributed by atoms with van der Waals surface area (Å²) in [5, 5.41) is 2.76. The quantitative estimate of drug-likeness (QED) is 0.692. The Morgan fingerprint density at radius 3 is 2.77 bits per heavy atom. The molecule has 0 fully saturated rings. The molecule has 0 unspecified atom stereocenters. The van der Waals surface area contributed by atoms with Crippen LogP contribution >= 0.6 is 11.8 Å². The van der Waals surface area contributed by atoms with E-state index < -0.39 is 0 Å². The first kappa shape index (κ1) is 10.3. The van der Waals surface area contributed by atoms with Gasteiger partial charge in [-0.2, -0.15) is 11.8 Å². The molecule has 1 aliphatic rings. The SMILES string of the molecule is CC(C)SCC1=CC(=O)NC(=O)C1. The van der Waals surface area contributed by atoms with Gasteiger partial charge in [-0.1, -0.05) is 13.8 Å². The Morgan fingerprint density at radius 1 is 1.54 bits per heavy atom. The standard InChI is InChI=1S/C9H13NO2S/c1-6(2)13-5-7-3-8(11)10-9(12)4-7/h3,6H,4-5H2,1-2H3,(H,10,11,12). The Bertz CT molecular complexity index is 258. The van der Waals surface area contributed by atoms with Gasteiger partial charge in [-0.15, -0.1) is 0 Å². The normalized spacial score (nSPS) is 17.3. The van der Waals surface area contributed by atoms with Gasteiger partial charge >= 0.3 is 0 Å². The van der Waals surface area contributed by atoms with Gasteiger partial charge in [0.2, 0.25) is 5.91 Å². The summed E-state index contributed by atoms with van der Waals surface area (Å²) in [6.45, 7) is 4.19. The van der Waals surface area contributed by atoms with Crippen molar-refractivity contribution in [3.05, 3.63) is 11.6 Å². The molecule has 4 heteroatoms. The average molecular weight is 199 g/mol. The van der Waals surface area contributed by atoms with Gasteiger partial charge < -0.3 is 0 Å². The summed E-state index contributed by atoms with van der Waals surface area (Å²) in [6, 6.07) is 0. The van der Waals surface area contributed by atoms with Crippen LogP contribution < -0.4 is 5.32 Å². The second kappa shape index (κ2) is 4.46. The summed E-state index contributed by atoms with van der Waals surface area (Å²) in [5.41, 5.74) is 0.924. The fourth-order valence-corrected chi connectivity index (χ4v) is 1.76. The molecule has 3 nitrogen and oxygen atoms in total. The highest BCUT2D eigenvalue weighted by molar-refractivity contribution is 8.00. The molecule has 0 aromatic heterocycles. The van der Waals surface area contributed by atoms with Crippen molar-refractivity contribution in [2.75, 3.05) is 5.75 Å². The highest BCUT2D eigenvalue weighted by Crippen LogP contribution is 2.17. The third-order valence-corrected chi connectivity index (χ3v) is 2.79. The lowest BCUT2D eigenvalue weighted by molar-refractivity contribution is -0.128. The van der Waals surface area contributed by atoms with Crippen LogP contribution in [0.3, 0.4) is 0 Å². The molecule has 0 aromatic rings. The third-order valence-electron chi connectivity index (χ3n) is 1.59. The molecule has 1 N–H and O–H groups in total. The van der Waals surface area contributed by atoms with Crippen LogP contribution in [0.5, 0.6) is 0 Å². The third kappa shape index (κ3) is 3.63. The van der Waals surface area contributed by atoms with Gasteiger partial charge in [-0.3, -0.25) is 14.9 Å². The minimum absolute atomic E-state index is 0.188. The van der Waals surface area contributed by atoms with Gasteiger partial charge in [0.1, 0.15) is 0 Å². The molecule has 0 bridgehead atoms. The van der Waals surface area contributed by atoms with Crippen molar-refractivity contribution in [3.8, 4) is 0 Å². The predicted octanol–water partition coefficient (Wildman–Crippen LogP) is 1.10. The van der Waals surface area contributed by atoms with E-state index in [2.05, 4.69) is 19.2 Å². The summed E-state index contributed by atoms with van der Waals surface area (Å²) in [7, 11) is 0. The number of hydrogen-bond acceptors (Lipinski definition) is 3. The van der Waals surface area contributed by atoms with Crippen molar-refractivity contribution in [1.29, 1.82) is 0 Å². The monoisotopic (exact) mass is 199 g/mol. The van der Waals surface area contributed by atoms with Crippen LogP contribution in [0.2, 0.25) is 0 Å². The van der Waals surface area contributed by atoms with Gasteiger partial charge in [-0.05, 0) is 10.8 Å². The highest BCUT2D eigenvalue weighted by atomic mass is 32.2. The average Bonchev–Trinajstić information content (AvgIpc) is 1.99. The second-order valence-electron chi connectivity index (χ2n) is 3.25. The van der Waals surface area contributed by atoms with Crippen LogP contribution in [-0.4, -0.2) is 22.8 Å². The van der Waals surface area contributed by atoms with Crippen LogP contribution in [0.1, 0.15) is 20.3 Å². The topological polar surface area (TPSA) is 46.2 Å². The smallest absolute Gasteiger partial charge is 0.250 e. The molecule has 1 aliphatic heterocycles. The number of thioether (sulfide) groups is 1. The number of imide groups is 1. The fraction of sp³-hybridized carbons (Fsp3) is 0.556. The number of amides is 2. The molecule has 2 amide bonds. The number of rotatable bonds is 3. The Hall–Kier alpha value is -0.770. The number of carbonyl (C=O) groups excluding carboxylic acids is 2. The molecule has 0 radical (unpaired) electrons. The van der Waals surface area contributed by atoms with Crippen LogP contribution in [-0.2, 0) is 9.59 Å². The molecule has 0 saturated heterocycles. The zero-order chi connectivity index (χ0) is 9.84. The van der Waals surface area contributed by atoms with Gasteiger partial charge in [0.25, 0.3) is 5.91 Å². The zero-order valence-electron chi connectivity index (χ0n) is 7.79. The van der Waals surface area contributed by atoms with Gasteiger partial charge in [-0.25, -0.2) is 0 Å². The molecule has 0 spiro atoms. The van der Waals surface area contributed by atoms with Crippen molar-refractivity contribution in [2.45, 2.75) is 25.5 Å². The Kier molecular flexibility index (Phi) is 3.54. The fourth-order valence-electron chi connectivity index (χ4n) is 1.03. The lowest BCUT2D eigenvalue weighted by Crippen LogP contribution is -2.33. The van der Waals surface area contributed by atoms with Gasteiger partial charge in [0.15, 0.2) is 0 Å². The Labute approximate surface area is 82.0 Å². The van der Waals surface area contributed by atoms with E-state index in [1.165, 1.54) is 6.08 Å². The molecule has 0 aromatic carbocycles. The van der Waals surface area contributed by atoms with Crippen LogP contribution in [0.15, 0.2) is 11.6 Å².